The SMILES string of the molecule is CCCCSc1nnc(SCC(=O)NC(C)c2cccc(Cl)c2)s1. The van der Waals surface area contributed by atoms with Crippen LogP contribution >= 0.6 is 46.5 Å². The summed E-state index contributed by atoms with van der Waals surface area (Å²) >= 11 is 10.7. The summed E-state index contributed by atoms with van der Waals surface area (Å²) in [6.45, 7) is 4.12. The molecule has 0 bridgehead atoms. The van der Waals surface area contributed by atoms with E-state index >= 15 is 0 Å². The van der Waals surface area contributed by atoms with Gasteiger partial charge in [-0.05, 0) is 31.0 Å². The average Bonchev–Trinajstić information content (AvgIpc) is 3.01. The van der Waals surface area contributed by atoms with E-state index in [1.54, 1.807) is 23.1 Å². The van der Waals surface area contributed by atoms with Crippen LogP contribution in [0.2, 0.25) is 5.02 Å². The highest BCUT2D eigenvalue weighted by molar-refractivity contribution is 8.03. The Bertz CT molecular complexity index is 666. The minimum atomic E-state index is -0.0774. The number of thioether (sulfide) groups is 2. The van der Waals surface area contributed by atoms with Crippen LogP contribution in [0.25, 0.3) is 0 Å². The molecule has 0 aliphatic rings. The molecule has 0 aliphatic heterocycles. The van der Waals surface area contributed by atoms with Gasteiger partial charge in [-0.1, -0.05) is 71.9 Å². The van der Waals surface area contributed by atoms with Gasteiger partial charge in [-0.15, -0.1) is 10.2 Å². The van der Waals surface area contributed by atoms with Gasteiger partial charge in [0.05, 0.1) is 11.8 Å². The summed E-state index contributed by atoms with van der Waals surface area (Å²) in [5, 5.41) is 11.9. The fourth-order valence-corrected chi connectivity index (χ4v) is 5.07. The Balaban J connectivity index is 1.76. The van der Waals surface area contributed by atoms with Gasteiger partial charge in [-0.25, -0.2) is 0 Å². The maximum Gasteiger partial charge on any atom is 0.230 e. The Morgan fingerprint density at radius 1 is 1.33 bits per heavy atom. The highest BCUT2D eigenvalue weighted by atomic mass is 35.5. The molecule has 1 amide bonds. The lowest BCUT2D eigenvalue weighted by Crippen LogP contribution is -2.28. The summed E-state index contributed by atoms with van der Waals surface area (Å²) in [4.78, 5) is 12.1. The number of carbonyl (C=O) groups is 1. The number of hydrogen-bond donors (Lipinski definition) is 1. The third-order valence-corrected chi connectivity index (χ3v) is 6.68. The van der Waals surface area contributed by atoms with Gasteiger partial charge in [0.25, 0.3) is 0 Å². The van der Waals surface area contributed by atoms with E-state index in [9.17, 15) is 4.79 Å². The Kier molecular flexibility index (Phi) is 8.38. The number of rotatable bonds is 9. The minimum absolute atomic E-state index is 0.0251. The molecule has 1 aromatic heterocycles. The van der Waals surface area contributed by atoms with Gasteiger partial charge in [0.2, 0.25) is 5.91 Å². The maximum absolute atomic E-state index is 12.1. The molecule has 130 valence electrons. The third-order valence-electron chi connectivity index (χ3n) is 3.16. The number of halogens is 1. The van der Waals surface area contributed by atoms with E-state index in [4.69, 9.17) is 11.6 Å². The van der Waals surface area contributed by atoms with Gasteiger partial charge >= 0.3 is 0 Å². The fourth-order valence-electron chi connectivity index (χ4n) is 1.89. The van der Waals surface area contributed by atoms with Crippen LogP contribution in [0, 0.1) is 0 Å². The number of amides is 1. The van der Waals surface area contributed by atoms with Gasteiger partial charge in [0, 0.05) is 10.8 Å². The quantitative estimate of drug-likeness (QED) is 0.470. The van der Waals surface area contributed by atoms with E-state index in [2.05, 4.69) is 22.4 Å². The van der Waals surface area contributed by atoms with Crippen molar-refractivity contribution in [2.45, 2.75) is 41.4 Å². The number of unbranched alkanes of at least 4 members (excludes halogenated alkanes) is 1. The van der Waals surface area contributed by atoms with Gasteiger partial charge < -0.3 is 5.32 Å². The monoisotopic (exact) mass is 401 g/mol. The molecule has 0 saturated heterocycles. The molecular formula is C16H20ClN3OS3. The smallest absolute Gasteiger partial charge is 0.230 e. The van der Waals surface area contributed by atoms with Crippen LogP contribution in [0.5, 0.6) is 0 Å². The van der Waals surface area contributed by atoms with E-state index < -0.39 is 0 Å². The normalized spacial score (nSPS) is 12.1. The second-order valence-corrected chi connectivity index (χ2v) is 9.15. The average molecular weight is 402 g/mol. The lowest BCUT2D eigenvalue weighted by Gasteiger charge is -2.14. The highest BCUT2D eigenvalue weighted by Crippen LogP contribution is 2.29. The van der Waals surface area contributed by atoms with Gasteiger partial charge in [0.1, 0.15) is 0 Å². The molecule has 1 N–H and O–H groups in total. The van der Waals surface area contributed by atoms with E-state index in [-0.39, 0.29) is 11.9 Å². The number of hydrogen-bond acceptors (Lipinski definition) is 6. The molecule has 1 atom stereocenters. The van der Waals surface area contributed by atoms with Crippen molar-refractivity contribution < 1.29 is 4.79 Å². The van der Waals surface area contributed by atoms with E-state index in [1.807, 2.05) is 31.2 Å². The Labute approximate surface area is 160 Å². The van der Waals surface area contributed by atoms with Crippen LogP contribution in [-0.2, 0) is 4.79 Å². The molecule has 2 rings (SSSR count). The van der Waals surface area contributed by atoms with Gasteiger partial charge in [-0.3, -0.25) is 4.79 Å². The molecule has 0 radical (unpaired) electrons. The Morgan fingerprint density at radius 3 is 2.79 bits per heavy atom. The molecule has 2 aromatic rings. The first-order valence-corrected chi connectivity index (χ1v) is 10.9. The van der Waals surface area contributed by atoms with Crippen molar-refractivity contribution in [1.29, 1.82) is 0 Å². The van der Waals surface area contributed by atoms with Crippen LogP contribution < -0.4 is 5.32 Å². The van der Waals surface area contributed by atoms with Crippen LogP contribution in [0.4, 0.5) is 0 Å². The predicted octanol–water partition coefficient (Wildman–Crippen LogP) is 5.05. The number of benzene rings is 1. The molecule has 24 heavy (non-hydrogen) atoms. The first-order valence-electron chi connectivity index (χ1n) is 7.72. The third kappa shape index (κ3) is 6.63. The van der Waals surface area contributed by atoms with E-state index in [0.717, 1.165) is 20.0 Å². The summed E-state index contributed by atoms with van der Waals surface area (Å²) in [7, 11) is 0. The Morgan fingerprint density at radius 2 is 2.08 bits per heavy atom. The highest BCUT2D eigenvalue weighted by Gasteiger charge is 2.12. The number of nitrogens with zero attached hydrogens (tertiary/aromatic N) is 2. The first-order chi connectivity index (χ1) is 11.6. The van der Waals surface area contributed by atoms with Crippen molar-refractivity contribution in [1.82, 2.24) is 15.5 Å². The molecule has 0 fully saturated rings. The van der Waals surface area contributed by atoms with Gasteiger partial charge in [0.15, 0.2) is 8.68 Å². The molecule has 0 spiro atoms. The number of nitrogens with one attached hydrogen (secondary N) is 1. The zero-order valence-corrected chi connectivity index (χ0v) is 16.8. The fraction of sp³-hybridized carbons (Fsp3) is 0.438. The summed E-state index contributed by atoms with van der Waals surface area (Å²) in [5.74, 6) is 1.37. The largest absolute Gasteiger partial charge is 0.349 e. The summed E-state index contributed by atoms with van der Waals surface area (Å²) in [6, 6.07) is 7.44. The van der Waals surface area contributed by atoms with Crippen LogP contribution in [0.15, 0.2) is 32.9 Å². The lowest BCUT2D eigenvalue weighted by atomic mass is 10.1. The van der Waals surface area contributed by atoms with Gasteiger partial charge in [-0.2, -0.15) is 0 Å². The maximum atomic E-state index is 12.1. The van der Waals surface area contributed by atoms with Crippen molar-refractivity contribution >= 4 is 52.4 Å². The molecule has 8 heteroatoms. The van der Waals surface area contributed by atoms with E-state index in [1.165, 1.54) is 24.6 Å². The molecule has 0 saturated carbocycles. The number of carbonyl (C=O) groups excluding carboxylic acids is 1. The van der Waals surface area contributed by atoms with E-state index in [0.29, 0.717) is 10.8 Å². The zero-order valence-electron chi connectivity index (χ0n) is 13.6. The predicted molar refractivity (Wildman–Crippen MR) is 104 cm³/mol. The van der Waals surface area contributed by atoms with Crippen molar-refractivity contribution in [2.24, 2.45) is 0 Å². The second kappa shape index (κ2) is 10.3. The summed E-state index contributed by atoms with van der Waals surface area (Å²) in [5.41, 5.74) is 0.992. The summed E-state index contributed by atoms with van der Waals surface area (Å²) in [6.07, 6.45) is 2.36. The lowest BCUT2D eigenvalue weighted by molar-refractivity contribution is -0.119. The first kappa shape index (κ1) is 19.6. The van der Waals surface area contributed by atoms with Crippen molar-refractivity contribution in [2.75, 3.05) is 11.5 Å². The molecule has 1 unspecified atom stereocenters. The molecule has 0 aliphatic carbocycles. The van der Waals surface area contributed by atoms with Crippen LogP contribution in [0.3, 0.4) is 0 Å². The molecule has 1 aromatic carbocycles. The standard InChI is InChI=1S/C16H20ClN3OS3/c1-3-4-8-22-15-19-20-16(24-15)23-10-14(21)18-11(2)12-6-5-7-13(17)9-12/h5-7,9,11H,3-4,8,10H2,1-2H3,(H,18,21). The number of aromatic nitrogens is 2. The Hall–Kier alpha value is -0.760. The molecule has 4 nitrogen and oxygen atoms in total. The van der Waals surface area contributed by atoms with Crippen molar-refractivity contribution in [3.8, 4) is 0 Å². The van der Waals surface area contributed by atoms with Crippen LogP contribution in [0.1, 0.15) is 38.3 Å². The van der Waals surface area contributed by atoms with Crippen molar-refractivity contribution in [3.05, 3.63) is 34.9 Å². The minimum Gasteiger partial charge on any atom is -0.349 e. The summed E-state index contributed by atoms with van der Waals surface area (Å²) < 4.78 is 1.80. The molecular weight excluding hydrogens is 382 g/mol. The second-order valence-electron chi connectivity index (χ2n) is 5.17. The topological polar surface area (TPSA) is 54.9 Å². The van der Waals surface area contributed by atoms with Crippen molar-refractivity contribution in [3.63, 3.8) is 0 Å². The molecule has 1 heterocycles. The zero-order chi connectivity index (χ0) is 17.4. The van der Waals surface area contributed by atoms with Crippen LogP contribution in [-0.4, -0.2) is 27.6 Å².